The van der Waals surface area contributed by atoms with Gasteiger partial charge >= 0.3 is 6.09 Å². The zero-order chi connectivity index (χ0) is 19.3. The zero-order valence-corrected chi connectivity index (χ0v) is 17.3. The van der Waals surface area contributed by atoms with Crippen molar-refractivity contribution in [2.45, 2.75) is 84.9 Å². The second-order valence-corrected chi connectivity index (χ2v) is 8.41. The minimum atomic E-state index is -0.528. The molecule has 0 saturated carbocycles. The molecule has 0 radical (unpaired) electrons. The Morgan fingerprint density at radius 1 is 1.42 bits per heavy atom. The molecule has 5 nitrogen and oxygen atoms in total. The molecule has 1 saturated heterocycles. The van der Waals surface area contributed by atoms with Gasteiger partial charge in [0.1, 0.15) is 11.4 Å². The van der Waals surface area contributed by atoms with Gasteiger partial charge in [0.2, 0.25) is 0 Å². The number of aromatic nitrogens is 1. The summed E-state index contributed by atoms with van der Waals surface area (Å²) in [5, 5.41) is 0. The van der Waals surface area contributed by atoms with Crippen LogP contribution in [0.15, 0.2) is 18.3 Å². The second kappa shape index (κ2) is 8.85. The molecular formula is C21H35N3O2. The summed E-state index contributed by atoms with van der Waals surface area (Å²) in [5.74, 6) is 0.741. The molecule has 1 aromatic rings. The third-order valence-electron chi connectivity index (χ3n) is 4.67. The minimum Gasteiger partial charge on any atom is -0.443 e. The summed E-state index contributed by atoms with van der Waals surface area (Å²) in [6, 6.07) is 4.40. The maximum atomic E-state index is 12.9. The molecule has 1 atom stereocenters. The topological polar surface area (TPSA) is 45.7 Å². The Balaban J connectivity index is 2.34. The van der Waals surface area contributed by atoms with Crippen LogP contribution in [0.4, 0.5) is 10.6 Å². The van der Waals surface area contributed by atoms with Gasteiger partial charge in [-0.15, -0.1) is 0 Å². The van der Waals surface area contributed by atoms with E-state index in [1.807, 2.05) is 40.7 Å². The predicted octanol–water partition coefficient (Wildman–Crippen LogP) is 5.17. The Morgan fingerprint density at radius 2 is 2.15 bits per heavy atom. The number of pyridine rings is 1. The monoisotopic (exact) mass is 361 g/mol. The van der Waals surface area contributed by atoms with Crippen LogP contribution in [0.3, 0.4) is 0 Å². The van der Waals surface area contributed by atoms with E-state index >= 15 is 0 Å². The number of rotatable bonds is 6. The lowest BCUT2D eigenvalue weighted by atomic mass is 10.0. The molecule has 0 aromatic carbocycles. The largest absolute Gasteiger partial charge is 0.443 e. The van der Waals surface area contributed by atoms with Gasteiger partial charge in [-0.2, -0.15) is 0 Å². The maximum absolute atomic E-state index is 12.9. The fourth-order valence-electron chi connectivity index (χ4n) is 3.53. The molecule has 1 amide bonds. The Morgan fingerprint density at radius 3 is 2.77 bits per heavy atom. The molecule has 5 heteroatoms. The summed E-state index contributed by atoms with van der Waals surface area (Å²) in [6.45, 7) is 14.1. The molecule has 0 spiro atoms. The Bertz CT molecular complexity index is 595. The van der Waals surface area contributed by atoms with Crippen molar-refractivity contribution in [2.24, 2.45) is 0 Å². The average molecular weight is 362 g/mol. The number of anilines is 1. The molecule has 0 N–H and O–H groups in total. The number of unbranched alkanes of at least 4 members (excludes halogenated alkanes) is 1. The standard InChI is InChI=1S/C21H35N3O2/c1-7-8-14-23-15-10-12-18(23)17-11-9-13-22-19(17)24(16(2)3)20(25)26-21(4,5)6/h9,11,13,16,18H,7-8,10,12,14-15H2,1-6H3. The Kier molecular flexibility index (Phi) is 7.04. The lowest BCUT2D eigenvalue weighted by Crippen LogP contribution is -2.42. The number of amides is 1. The van der Waals surface area contributed by atoms with E-state index in [9.17, 15) is 4.79 Å². The van der Waals surface area contributed by atoms with Gasteiger partial charge in [-0.1, -0.05) is 19.4 Å². The highest BCUT2D eigenvalue weighted by molar-refractivity contribution is 5.88. The fourth-order valence-corrected chi connectivity index (χ4v) is 3.53. The molecule has 1 aliphatic rings. The fraction of sp³-hybridized carbons (Fsp3) is 0.714. The number of hydrogen-bond donors (Lipinski definition) is 0. The molecule has 1 unspecified atom stereocenters. The van der Waals surface area contributed by atoms with Crippen LogP contribution in [0.25, 0.3) is 0 Å². The van der Waals surface area contributed by atoms with Crippen molar-refractivity contribution in [3.8, 4) is 0 Å². The molecule has 0 bridgehead atoms. The lowest BCUT2D eigenvalue weighted by Gasteiger charge is -2.33. The van der Waals surface area contributed by atoms with Gasteiger partial charge in [-0.25, -0.2) is 9.78 Å². The molecule has 146 valence electrons. The molecule has 2 rings (SSSR count). The van der Waals surface area contributed by atoms with Crippen molar-refractivity contribution in [3.05, 3.63) is 23.9 Å². The van der Waals surface area contributed by atoms with Crippen molar-refractivity contribution < 1.29 is 9.53 Å². The first-order valence-electron chi connectivity index (χ1n) is 9.95. The first-order chi connectivity index (χ1) is 12.2. The number of carbonyl (C=O) groups excluding carboxylic acids is 1. The number of nitrogens with zero attached hydrogens (tertiary/aromatic N) is 3. The van der Waals surface area contributed by atoms with E-state index in [0.29, 0.717) is 6.04 Å². The van der Waals surface area contributed by atoms with Crippen LogP contribution in [0.1, 0.15) is 78.8 Å². The lowest BCUT2D eigenvalue weighted by molar-refractivity contribution is 0.0568. The Labute approximate surface area is 158 Å². The van der Waals surface area contributed by atoms with Crippen LogP contribution in [-0.2, 0) is 4.74 Å². The summed E-state index contributed by atoms with van der Waals surface area (Å²) >= 11 is 0. The van der Waals surface area contributed by atoms with Crippen molar-refractivity contribution >= 4 is 11.9 Å². The first kappa shape index (κ1) is 20.7. The van der Waals surface area contributed by atoms with Crippen molar-refractivity contribution in [3.63, 3.8) is 0 Å². The SMILES string of the molecule is CCCCN1CCCC1c1cccnc1N(C(=O)OC(C)(C)C)C(C)C. The summed E-state index contributed by atoms with van der Waals surface area (Å²) in [5.41, 5.74) is 0.611. The highest BCUT2D eigenvalue weighted by Gasteiger charge is 2.33. The highest BCUT2D eigenvalue weighted by atomic mass is 16.6. The van der Waals surface area contributed by atoms with E-state index in [1.165, 1.54) is 19.3 Å². The normalized spacial score (nSPS) is 18.3. The molecule has 0 aliphatic carbocycles. The molecule has 1 aliphatic heterocycles. The number of carbonyl (C=O) groups is 1. The summed E-state index contributed by atoms with van der Waals surface area (Å²) in [7, 11) is 0. The van der Waals surface area contributed by atoms with Gasteiger partial charge in [0.25, 0.3) is 0 Å². The van der Waals surface area contributed by atoms with Gasteiger partial charge in [0, 0.05) is 23.8 Å². The zero-order valence-electron chi connectivity index (χ0n) is 17.3. The predicted molar refractivity (Wildman–Crippen MR) is 107 cm³/mol. The summed E-state index contributed by atoms with van der Waals surface area (Å²) in [6.07, 6.45) is 6.14. The van der Waals surface area contributed by atoms with E-state index in [4.69, 9.17) is 4.74 Å². The summed E-state index contributed by atoms with van der Waals surface area (Å²) in [4.78, 5) is 21.7. The van der Waals surface area contributed by atoms with Crippen LogP contribution in [0.5, 0.6) is 0 Å². The second-order valence-electron chi connectivity index (χ2n) is 8.41. The van der Waals surface area contributed by atoms with Crippen molar-refractivity contribution in [1.29, 1.82) is 0 Å². The van der Waals surface area contributed by atoms with Crippen LogP contribution < -0.4 is 4.90 Å². The third-order valence-corrected chi connectivity index (χ3v) is 4.67. The number of hydrogen-bond acceptors (Lipinski definition) is 4. The first-order valence-corrected chi connectivity index (χ1v) is 9.95. The van der Waals surface area contributed by atoms with Gasteiger partial charge in [0.15, 0.2) is 0 Å². The van der Waals surface area contributed by atoms with E-state index in [-0.39, 0.29) is 12.1 Å². The molecule has 1 fully saturated rings. The van der Waals surface area contributed by atoms with Crippen LogP contribution in [-0.4, -0.2) is 40.7 Å². The van der Waals surface area contributed by atoms with Crippen molar-refractivity contribution in [2.75, 3.05) is 18.0 Å². The summed E-state index contributed by atoms with van der Waals surface area (Å²) < 4.78 is 5.66. The van der Waals surface area contributed by atoms with Gasteiger partial charge in [-0.3, -0.25) is 9.80 Å². The maximum Gasteiger partial charge on any atom is 0.416 e. The van der Waals surface area contributed by atoms with Crippen molar-refractivity contribution in [1.82, 2.24) is 9.88 Å². The van der Waals surface area contributed by atoms with E-state index in [1.54, 1.807) is 11.1 Å². The highest BCUT2D eigenvalue weighted by Crippen LogP contribution is 2.37. The average Bonchev–Trinajstić information content (AvgIpc) is 2.99. The Hall–Kier alpha value is -1.62. The quantitative estimate of drug-likeness (QED) is 0.701. The van der Waals surface area contributed by atoms with Crippen LogP contribution in [0, 0.1) is 0 Å². The van der Waals surface area contributed by atoms with E-state index in [2.05, 4.69) is 22.9 Å². The molecular weight excluding hydrogens is 326 g/mol. The van der Waals surface area contributed by atoms with Gasteiger partial charge in [0.05, 0.1) is 0 Å². The molecule has 26 heavy (non-hydrogen) atoms. The van der Waals surface area contributed by atoms with Crippen LogP contribution >= 0.6 is 0 Å². The molecule has 1 aromatic heterocycles. The van der Waals surface area contributed by atoms with Gasteiger partial charge < -0.3 is 4.74 Å². The van der Waals surface area contributed by atoms with E-state index < -0.39 is 5.60 Å². The number of ether oxygens (including phenoxy) is 1. The van der Waals surface area contributed by atoms with Gasteiger partial charge in [-0.05, 0) is 73.0 Å². The number of likely N-dealkylation sites (tertiary alicyclic amines) is 1. The minimum absolute atomic E-state index is 0.0241. The molecule has 2 heterocycles. The van der Waals surface area contributed by atoms with E-state index in [0.717, 1.165) is 30.9 Å². The van der Waals surface area contributed by atoms with Crippen LogP contribution in [0.2, 0.25) is 0 Å². The third kappa shape index (κ3) is 5.19. The smallest absolute Gasteiger partial charge is 0.416 e.